The third-order valence-corrected chi connectivity index (χ3v) is 2.76. The molecule has 0 fully saturated rings. The maximum atomic E-state index is 4.42. The first-order valence-corrected chi connectivity index (χ1v) is 6.17. The highest BCUT2D eigenvalue weighted by Gasteiger charge is 1.99. The molecule has 0 unspecified atom stereocenters. The number of para-hydroxylation sites is 2. The van der Waals surface area contributed by atoms with Crippen molar-refractivity contribution in [2.75, 3.05) is 16.3 Å². The fourth-order valence-electron chi connectivity index (χ4n) is 1.31. The number of fused-ring (bicyclic) bond motifs is 1. The van der Waals surface area contributed by atoms with E-state index >= 15 is 0 Å². The van der Waals surface area contributed by atoms with Crippen molar-refractivity contribution < 1.29 is 0 Å². The normalized spacial score (nSPS) is 10.6. The number of nitrogens with zero attached hydrogens (tertiary/aromatic N) is 1. The Morgan fingerprint density at radius 1 is 1.36 bits per heavy atom. The molecule has 2 rings (SSSR count). The topological polar surface area (TPSA) is 40.7 Å². The zero-order valence-electron chi connectivity index (χ0n) is 7.76. The number of hydrogen-bond donors (Lipinski definition) is 2. The molecule has 74 valence electrons. The Bertz CT molecular complexity index is 377. The van der Waals surface area contributed by atoms with Crippen molar-refractivity contribution in [2.24, 2.45) is 0 Å². The zero-order chi connectivity index (χ0) is 9.80. The van der Waals surface area contributed by atoms with Crippen LogP contribution < -0.4 is 5.32 Å². The SMILES string of the molecule is ICCCNc1nc2ccccc2[nH]1. The van der Waals surface area contributed by atoms with Crippen molar-refractivity contribution in [2.45, 2.75) is 6.42 Å². The second kappa shape index (κ2) is 4.63. The molecule has 2 N–H and O–H groups in total. The Morgan fingerprint density at radius 3 is 3.00 bits per heavy atom. The van der Waals surface area contributed by atoms with E-state index in [2.05, 4.69) is 37.9 Å². The Balaban J connectivity index is 2.11. The lowest BCUT2D eigenvalue weighted by molar-refractivity contribution is 0.987. The minimum absolute atomic E-state index is 0.871. The second-order valence-corrected chi connectivity index (χ2v) is 4.15. The number of nitrogens with one attached hydrogen (secondary N) is 2. The van der Waals surface area contributed by atoms with E-state index in [9.17, 15) is 0 Å². The summed E-state index contributed by atoms with van der Waals surface area (Å²) in [6.07, 6.45) is 1.16. The highest BCUT2D eigenvalue weighted by atomic mass is 127. The zero-order valence-corrected chi connectivity index (χ0v) is 9.91. The molecule has 0 aliphatic heterocycles. The first-order valence-electron chi connectivity index (χ1n) is 4.65. The molecule has 0 saturated heterocycles. The summed E-state index contributed by atoms with van der Waals surface area (Å²) in [6, 6.07) is 8.05. The van der Waals surface area contributed by atoms with E-state index in [4.69, 9.17) is 0 Å². The highest BCUT2D eigenvalue weighted by Crippen LogP contribution is 2.12. The van der Waals surface area contributed by atoms with Crippen molar-refractivity contribution in [1.29, 1.82) is 0 Å². The minimum atomic E-state index is 0.871. The largest absolute Gasteiger partial charge is 0.356 e. The van der Waals surface area contributed by atoms with Gasteiger partial charge in [0.15, 0.2) is 0 Å². The van der Waals surface area contributed by atoms with Crippen molar-refractivity contribution in [3.63, 3.8) is 0 Å². The van der Waals surface area contributed by atoms with Gasteiger partial charge in [-0.15, -0.1) is 0 Å². The summed E-state index contributed by atoms with van der Waals surface area (Å²) >= 11 is 2.37. The molecule has 0 spiro atoms. The maximum Gasteiger partial charge on any atom is 0.201 e. The number of halogens is 1. The first kappa shape index (κ1) is 9.76. The number of aromatic nitrogens is 2. The first-order chi connectivity index (χ1) is 6.90. The molecule has 1 aromatic heterocycles. The highest BCUT2D eigenvalue weighted by molar-refractivity contribution is 14.1. The molecule has 14 heavy (non-hydrogen) atoms. The summed E-state index contributed by atoms with van der Waals surface area (Å²) in [5.74, 6) is 0.871. The van der Waals surface area contributed by atoms with Crippen LogP contribution in [0.3, 0.4) is 0 Å². The van der Waals surface area contributed by atoms with Crippen LogP contribution in [0, 0.1) is 0 Å². The lowest BCUT2D eigenvalue weighted by atomic mass is 10.3. The van der Waals surface area contributed by atoms with Crippen molar-refractivity contribution in [3.8, 4) is 0 Å². The maximum absolute atomic E-state index is 4.42. The van der Waals surface area contributed by atoms with Crippen LogP contribution in [-0.4, -0.2) is 20.9 Å². The molecule has 3 nitrogen and oxygen atoms in total. The van der Waals surface area contributed by atoms with Crippen molar-refractivity contribution in [3.05, 3.63) is 24.3 Å². The summed E-state index contributed by atoms with van der Waals surface area (Å²) in [5.41, 5.74) is 2.11. The van der Waals surface area contributed by atoms with Crippen LogP contribution in [0.25, 0.3) is 11.0 Å². The van der Waals surface area contributed by atoms with Gasteiger partial charge >= 0.3 is 0 Å². The summed E-state index contributed by atoms with van der Waals surface area (Å²) in [5, 5.41) is 3.26. The Hall–Kier alpha value is -0.780. The van der Waals surface area contributed by atoms with Gasteiger partial charge in [0.1, 0.15) is 0 Å². The molecule has 0 aliphatic carbocycles. The van der Waals surface area contributed by atoms with E-state index in [1.807, 2.05) is 24.3 Å². The quantitative estimate of drug-likeness (QED) is 0.518. The van der Waals surface area contributed by atoms with E-state index in [0.717, 1.165) is 29.9 Å². The molecule has 0 saturated carbocycles. The predicted molar refractivity (Wildman–Crippen MR) is 68.1 cm³/mol. The van der Waals surface area contributed by atoms with Gasteiger partial charge in [0, 0.05) is 11.0 Å². The summed E-state index contributed by atoms with van der Waals surface area (Å²) in [4.78, 5) is 7.65. The molecule has 4 heteroatoms. The average Bonchev–Trinajstić information content (AvgIpc) is 2.60. The van der Waals surface area contributed by atoms with Gasteiger partial charge in [0.25, 0.3) is 0 Å². The Morgan fingerprint density at radius 2 is 2.21 bits per heavy atom. The van der Waals surface area contributed by atoms with Gasteiger partial charge in [-0.1, -0.05) is 34.7 Å². The second-order valence-electron chi connectivity index (χ2n) is 3.07. The number of benzene rings is 1. The molecule has 1 heterocycles. The van der Waals surface area contributed by atoms with Crippen LogP contribution in [0.1, 0.15) is 6.42 Å². The van der Waals surface area contributed by atoms with E-state index in [-0.39, 0.29) is 0 Å². The van der Waals surface area contributed by atoms with E-state index in [1.165, 1.54) is 4.43 Å². The van der Waals surface area contributed by atoms with Crippen LogP contribution in [-0.2, 0) is 0 Å². The van der Waals surface area contributed by atoms with Gasteiger partial charge in [-0.25, -0.2) is 4.98 Å². The number of rotatable bonds is 4. The third-order valence-electron chi connectivity index (χ3n) is 1.99. The number of aromatic amines is 1. The van der Waals surface area contributed by atoms with Crippen molar-refractivity contribution in [1.82, 2.24) is 9.97 Å². The molecule has 0 radical (unpaired) electrons. The van der Waals surface area contributed by atoms with Gasteiger partial charge in [-0.3, -0.25) is 0 Å². The molecule has 1 aromatic carbocycles. The molecule has 0 amide bonds. The lowest BCUT2D eigenvalue weighted by Crippen LogP contribution is -2.02. The fourth-order valence-corrected chi connectivity index (χ4v) is 1.69. The number of imidazole rings is 1. The van der Waals surface area contributed by atoms with Crippen LogP contribution >= 0.6 is 22.6 Å². The van der Waals surface area contributed by atoms with Crippen LogP contribution in [0.4, 0.5) is 5.95 Å². The third kappa shape index (κ3) is 2.17. The van der Waals surface area contributed by atoms with Gasteiger partial charge < -0.3 is 10.3 Å². The average molecular weight is 301 g/mol. The molecule has 0 aliphatic rings. The fraction of sp³-hybridized carbons (Fsp3) is 0.300. The minimum Gasteiger partial charge on any atom is -0.356 e. The van der Waals surface area contributed by atoms with Crippen molar-refractivity contribution >= 4 is 39.6 Å². The number of hydrogen-bond acceptors (Lipinski definition) is 2. The van der Waals surface area contributed by atoms with Crippen LogP contribution in [0.2, 0.25) is 0 Å². The van der Waals surface area contributed by atoms with E-state index in [0.29, 0.717) is 0 Å². The summed E-state index contributed by atoms with van der Waals surface area (Å²) in [7, 11) is 0. The standard InChI is InChI=1S/C10H12IN3/c11-6-3-7-12-10-13-8-4-1-2-5-9(8)14-10/h1-2,4-5H,3,6-7H2,(H2,12,13,14). The van der Waals surface area contributed by atoms with Crippen LogP contribution in [0.5, 0.6) is 0 Å². The van der Waals surface area contributed by atoms with E-state index < -0.39 is 0 Å². The Labute approximate surface area is 96.4 Å². The van der Waals surface area contributed by atoms with Gasteiger partial charge in [-0.2, -0.15) is 0 Å². The number of H-pyrrole nitrogens is 1. The van der Waals surface area contributed by atoms with Crippen LogP contribution in [0.15, 0.2) is 24.3 Å². The summed E-state index contributed by atoms with van der Waals surface area (Å²) < 4.78 is 1.17. The van der Waals surface area contributed by atoms with E-state index in [1.54, 1.807) is 0 Å². The van der Waals surface area contributed by atoms with Gasteiger partial charge in [0.2, 0.25) is 5.95 Å². The van der Waals surface area contributed by atoms with Gasteiger partial charge in [-0.05, 0) is 18.6 Å². The molecular weight excluding hydrogens is 289 g/mol. The monoisotopic (exact) mass is 301 g/mol. The lowest BCUT2D eigenvalue weighted by Gasteiger charge is -1.98. The molecule has 0 bridgehead atoms. The number of anilines is 1. The Kier molecular flexibility index (Phi) is 3.23. The molecular formula is C10H12IN3. The number of alkyl halides is 1. The summed E-state index contributed by atoms with van der Waals surface area (Å²) in [6.45, 7) is 0.975. The predicted octanol–water partition coefficient (Wildman–Crippen LogP) is 2.80. The smallest absolute Gasteiger partial charge is 0.201 e. The molecule has 2 aromatic rings. The van der Waals surface area contributed by atoms with Gasteiger partial charge in [0.05, 0.1) is 11.0 Å². The molecule has 0 atom stereocenters.